The average molecular weight is 335 g/mol. The number of fused-ring (bicyclic) bond motifs is 1. The van der Waals surface area contributed by atoms with E-state index in [1.54, 1.807) is 18.2 Å². The number of nitrogens with one attached hydrogen (secondary N) is 1. The van der Waals surface area contributed by atoms with Gasteiger partial charge in [-0.3, -0.25) is 4.79 Å². The number of rotatable bonds is 4. The van der Waals surface area contributed by atoms with Crippen molar-refractivity contribution >= 4 is 22.9 Å². The Bertz CT molecular complexity index is 776. The Balaban J connectivity index is 1.67. The van der Waals surface area contributed by atoms with Gasteiger partial charge < -0.3 is 19.4 Å². The van der Waals surface area contributed by atoms with Gasteiger partial charge in [0.15, 0.2) is 0 Å². The van der Waals surface area contributed by atoms with Gasteiger partial charge in [-0.1, -0.05) is 0 Å². The van der Waals surface area contributed by atoms with Gasteiger partial charge in [-0.05, 0) is 18.2 Å². The summed E-state index contributed by atoms with van der Waals surface area (Å²) < 4.78 is 24.1. The van der Waals surface area contributed by atoms with Gasteiger partial charge in [0.1, 0.15) is 24.7 Å². The first-order valence-electron chi connectivity index (χ1n) is 7.56. The maximum Gasteiger partial charge on any atom is 0.337 e. The highest BCUT2D eigenvalue weighted by Crippen LogP contribution is 2.19. The largest absolute Gasteiger partial charge is 0.465 e. The number of carbonyl (C=O) groups excluding carboxylic acids is 2. The van der Waals surface area contributed by atoms with Crippen LogP contribution in [0.3, 0.4) is 0 Å². The molecule has 1 fully saturated rings. The minimum atomic E-state index is -1.20. The number of amides is 1. The van der Waals surface area contributed by atoms with E-state index >= 15 is 0 Å². The number of H-pyrrole nitrogens is 1. The van der Waals surface area contributed by atoms with Gasteiger partial charge in [0.2, 0.25) is 5.91 Å². The van der Waals surface area contributed by atoms with Crippen LogP contribution >= 0.6 is 0 Å². The standard InChI is InChI=1S/C16H18FN3O4/c1-9(21)20-6-11(17)14(7-20)24-8-15-18-12-4-3-10(16(22)23-2)5-13(12)19-15/h3-5,11,14H,6-8H2,1-2H3,(H,18,19)/t11-,14+/m1/s1. The minimum absolute atomic E-state index is 0.0582. The first-order chi connectivity index (χ1) is 11.5. The summed E-state index contributed by atoms with van der Waals surface area (Å²) in [5.41, 5.74) is 1.76. The van der Waals surface area contributed by atoms with Crippen LogP contribution < -0.4 is 0 Å². The number of hydrogen-bond acceptors (Lipinski definition) is 5. The van der Waals surface area contributed by atoms with Gasteiger partial charge >= 0.3 is 5.97 Å². The molecule has 1 aliphatic heterocycles. The number of benzene rings is 1. The van der Waals surface area contributed by atoms with E-state index in [0.717, 1.165) is 0 Å². The molecular formula is C16H18FN3O4. The van der Waals surface area contributed by atoms with Crippen LogP contribution in [-0.2, 0) is 20.9 Å². The van der Waals surface area contributed by atoms with E-state index in [-0.39, 0.29) is 25.6 Å². The zero-order valence-electron chi connectivity index (χ0n) is 13.4. The Hall–Kier alpha value is -2.48. The first kappa shape index (κ1) is 16.4. The van der Waals surface area contributed by atoms with Crippen LogP contribution in [0.1, 0.15) is 23.1 Å². The molecular weight excluding hydrogens is 317 g/mol. The van der Waals surface area contributed by atoms with Crippen molar-refractivity contribution < 1.29 is 23.5 Å². The topological polar surface area (TPSA) is 84.5 Å². The lowest BCUT2D eigenvalue weighted by Crippen LogP contribution is -2.27. The maximum absolute atomic E-state index is 13.9. The highest BCUT2D eigenvalue weighted by molar-refractivity contribution is 5.93. The number of halogens is 1. The number of alkyl halides is 1. The Morgan fingerprint density at radius 3 is 2.88 bits per heavy atom. The van der Waals surface area contributed by atoms with E-state index in [0.29, 0.717) is 22.4 Å². The number of aromatic amines is 1. The van der Waals surface area contributed by atoms with E-state index in [4.69, 9.17) is 4.74 Å². The lowest BCUT2D eigenvalue weighted by Gasteiger charge is -2.13. The Labute approximate surface area is 137 Å². The summed E-state index contributed by atoms with van der Waals surface area (Å²) in [7, 11) is 1.32. The zero-order chi connectivity index (χ0) is 17.3. The molecule has 7 nitrogen and oxygen atoms in total. The molecule has 0 aliphatic carbocycles. The van der Waals surface area contributed by atoms with Crippen molar-refractivity contribution in [2.24, 2.45) is 0 Å². The molecule has 0 saturated carbocycles. The van der Waals surface area contributed by atoms with Gasteiger partial charge in [0, 0.05) is 13.5 Å². The second-order valence-corrected chi connectivity index (χ2v) is 5.70. The van der Waals surface area contributed by atoms with Crippen LogP contribution in [0.2, 0.25) is 0 Å². The normalized spacial score (nSPS) is 20.5. The second kappa shape index (κ2) is 6.56. The molecule has 128 valence electrons. The maximum atomic E-state index is 13.9. The summed E-state index contributed by atoms with van der Waals surface area (Å²) in [5.74, 6) is -0.0665. The van der Waals surface area contributed by atoms with E-state index < -0.39 is 18.2 Å². The van der Waals surface area contributed by atoms with Gasteiger partial charge in [0.25, 0.3) is 0 Å². The molecule has 8 heteroatoms. The van der Waals surface area contributed by atoms with Gasteiger partial charge in [0.05, 0.1) is 30.3 Å². The number of aromatic nitrogens is 2. The molecule has 0 unspecified atom stereocenters. The molecule has 1 aromatic carbocycles. The van der Waals surface area contributed by atoms with E-state index in [1.165, 1.54) is 18.9 Å². The zero-order valence-corrected chi connectivity index (χ0v) is 13.4. The highest BCUT2D eigenvalue weighted by Gasteiger charge is 2.35. The summed E-state index contributed by atoms with van der Waals surface area (Å²) in [6.07, 6.45) is -1.86. The molecule has 1 N–H and O–H groups in total. The van der Waals surface area contributed by atoms with Crippen molar-refractivity contribution in [1.29, 1.82) is 0 Å². The molecule has 24 heavy (non-hydrogen) atoms. The number of carbonyl (C=O) groups is 2. The summed E-state index contributed by atoms with van der Waals surface area (Å²) in [5, 5.41) is 0. The number of nitrogens with zero attached hydrogens (tertiary/aromatic N) is 2. The summed E-state index contributed by atoms with van der Waals surface area (Å²) in [4.78, 5) is 31.6. The Morgan fingerprint density at radius 2 is 2.21 bits per heavy atom. The SMILES string of the molecule is COC(=O)c1ccc2nc(CO[C@H]3CN(C(C)=O)C[C@H]3F)[nH]c2c1. The van der Waals surface area contributed by atoms with Crippen LogP contribution in [0, 0.1) is 0 Å². The third-order valence-corrected chi connectivity index (χ3v) is 4.03. The monoisotopic (exact) mass is 335 g/mol. The lowest BCUT2D eigenvalue weighted by molar-refractivity contribution is -0.128. The van der Waals surface area contributed by atoms with Crippen molar-refractivity contribution in [2.75, 3.05) is 20.2 Å². The van der Waals surface area contributed by atoms with Crippen molar-refractivity contribution in [1.82, 2.24) is 14.9 Å². The molecule has 2 atom stereocenters. The van der Waals surface area contributed by atoms with Gasteiger partial charge in [-0.2, -0.15) is 0 Å². The predicted octanol–water partition coefficient (Wildman–Crippen LogP) is 1.43. The molecule has 1 saturated heterocycles. The molecule has 0 bridgehead atoms. The minimum Gasteiger partial charge on any atom is -0.465 e. The number of hydrogen-bond donors (Lipinski definition) is 1. The van der Waals surface area contributed by atoms with E-state index in [2.05, 4.69) is 14.7 Å². The fourth-order valence-corrected chi connectivity index (χ4v) is 2.71. The van der Waals surface area contributed by atoms with Gasteiger partial charge in [-0.25, -0.2) is 14.2 Å². The van der Waals surface area contributed by atoms with Crippen LogP contribution in [0.5, 0.6) is 0 Å². The smallest absolute Gasteiger partial charge is 0.337 e. The fraction of sp³-hybridized carbons (Fsp3) is 0.438. The second-order valence-electron chi connectivity index (χ2n) is 5.70. The van der Waals surface area contributed by atoms with Crippen molar-refractivity contribution in [2.45, 2.75) is 25.8 Å². The van der Waals surface area contributed by atoms with Gasteiger partial charge in [-0.15, -0.1) is 0 Å². The fourth-order valence-electron chi connectivity index (χ4n) is 2.71. The summed E-state index contributed by atoms with van der Waals surface area (Å²) in [6, 6.07) is 4.97. The van der Waals surface area contributed by atoms with E-state index in [1.807, 2.05) is 0 Å². The number of imidazole rings is 1. The van der Waals surface area contributed by atoms with Crippen LogP contribution in [0.25, 0.3) is 11.0 Å². The molecule has 2 aromatic rings. The van der Waals surface area contributed by atoms with Crippen molar-refractivity contribution in [3.05, 3.63) is 29.6 Å². The van der Waals surface area contributed by atoms with Crippen LogP contribution in [-0.4, -0.2) is 59.2 Å². The quantitative estimate of drug-likeness (QED) is 0.855. The molecule has 1 aliphatic rings. The van der Waals surface area contributed by atoms with Crippen LogP contribution in [0.4, 0.5) is 4.39 Å². The summed E-state index contributed by atoms with van der Waals surface area (Å²) >= 11 is 0. The molecule has 1 aromatic heterocycles. The average Bonchev–Trinajstić information content (AvgIpc) is 3.14. The van der Waals surface area contributed by atoms with Crippen molar-refractivity contribution in [3.8, 4) is 0 Å². The number of likely N-dealkylation sites (tertiary alicyclic amines) is 1. The van der Waals surface area contributed by atoms with Crippen molar-refractivity contribution in [3.63, 3.8) is 0 Å². The summed E-state index contributed by atoms with van der Waals surface area (Å²) in [6.45, 7) is 1.80. The Morgan fingerprint density at radius 1 is 1.42 bits per heavy atom. The Kier molecular flexibility index (Phi) is 4.48. The molecule has 0 radical (unpaired) electrons. The molecule has 2 heterocycles. The molecule has 1 amide bonds. The molecule has 3 rings (SSSR count). The third-order valence-electron chi connectivity index (χ3n) is 4.03. The number of methoxy groups -OCH3 is 1. The number of ether oxygens (including phenoxy) is 2. The lowest BCUT2D eigenvalue weighted by atomic mass is 10.2. The van der Waals surface area contributed by atoms with E-state index in [9.17, 15) is 14.0 Å². The highest BCUT2D eigenvalue weighted by atomic mass is 19.1. The van der Waals surface area contributed by atoms with Crippen LogP contribution in [0.15, 0.2) is 18.2 Å². The third kappa shape index (κ3) is 3.23. The first-order valence-corrected chi connectivity index (χ1v) is 7.56. The molecule has 0 spiro atoms. The number of esters is 1. The predicted molar refractivity (Wildman–Crippen MR) is 83.2 cm³/mol.